The lowest BCUT2D eigenvalue weighted by atomic mass is 10.1. The van der Waals surface area contributed by atoms with Crippen LogP contribution in [0.3, 0.4) is 0 Å². The van der Waals surface area contributed by atoms with Crippen LogP contribution in [0.1, 0.15) is 26.2 Å². The van der Waals surface area contributed by atoms with Gasteiger partial charge in [-0.05, 0) is 12.3 Å². The Morgan fingerprint density at radius 2 is 2.22 bits per heavy atom. The second kappa shape index (κ2) is 2.33. The average Bonchev–Trinajstić information content (AvgIpc) is 2.14. The van der Waals surface area contributed by atoms with Gasteiger partial charge in [0.25, 0.3) is 0 Å². The summed E-state index contributed by atoms with van der Waals surface area (Å²) < 4.78 is 0. The molecule has 0 aromatic rings. The van der Waals surface area contributed by atoms with Crippen LogP contribution < -0.4 is 0 Å². The maximum atomic E-state index is 10.2. The second-order valence-corrected chi connectivity index (χ2v) is 2.86. The largest absolute Gasteiger partial charge is 0.264 e. The summed E-state index contributed by atoms with van der Waals surface area (Å²) in [5.74, 6) is 0.570. The van der Waals surface area contributed by atoms with Crippen molar-refractivity contribution in [3.05, 3.63) is 10.1 Å². The van der Waals surface area contributed by atoms with Crippen LogP contribution >= 0.6 is 0 Å². The molecule has 0 amide bonds. The second-order valence-electron chi connectivity index (χ2n) is 2.86. The van der Waals surface area contributed by atoms with E-state index >= 15 is 0 Å². The van der Waals surface area contributed by atoms with E-state index in [2.05, 4.69) is 6.92 Å². The number of nitro groups is 1. The van der Waals surface area contributed by atoms with Crippen LogP contribution in [-0.2, 0) is 0 Å². The minimum absolute atomic E-state index is 0.149. The molecule has 1 saturated carbocycles. The van der Waals surface area contributed by atoms with Crippen molar-refractivity contribution in [2.24, 2.45) is 5.92 Å². The van der Waals surface area contributed by atoms with Crippen molar-refractivity contribution < 1.29 is 4.92 Å². The molecular formula is C6H11NO2. The fourth-order valence-electron chi connectivity index (χ4n) is 1.37. The highest BCUT2D eigenvalue weighted by Crippen LogP contribution is 2.26. The van der Waals surface area contributed by atoms with Gasteiger partial charge in [0, 0.05) is 17.8 Å². The Balaban J connectivity index is 2.39. The Hall–Kier alpha value is -0.600. The molecule has 1 rings (SSSR count). The topological polar surface area (TPSA) is 43.1 Å². The molecule has 9 heavy (non-hydrogen) atoms. The first-order valence-corrected chi connectivity index (χ1v) is 3.33. The number of hydrogen-bond acceptors (Lipinski definition) is 2. The van der Waals surface area contributed by atoms with Crippen molar-refractivity contribution in [1.82, 2.24) is 0 Å². The molecule has 0 aromatic heterocycles. The number of rotatable bonds is 1. The monoisotopic (exact) mass is 129 g/mol. The summed E-state index contributed by atoms with van der Waals surface area (Å²) >= 11 is 0. The molecule has 0 saturated heterocycles. The summed E-state index contributed by atoms with van der Waals surface area (Å²) in [4.78, 5) is 10.0. The highest BCUT2D eigenvalue weighted by Gasteiger charge is 2.29. The average molecular weight is 129 g/mol. The van der Waals surface area contributed by atoms with Crippen molar-refractivity contribution in [3.63, 3.8) is 0 Å². The zero-order chi connectivity index (χ0) is 6.85. The maximum absolute atomic E-state index is 10.2. The first-order valence-electron chi connectivity index (χ1n) is 3.33. The van der Waals surface area contributed by atoms with Crippen molar-refractivity contribution >= 4 is 0 Å². The van der Waals surface area contributed by atoms with Crippen molar-refractivity contribution in [3.8, 4) is 0 Å². The highest BCUT2D eigenvalue weighted by molar-refractivity contribution is 4.71. The summed E-state index contributed by atoms with van der Waals surface area (Å²) in [6.07, 6.45) is 2.60. The van der Waals surface area contributed by atoms with Gasteiger partial charge in [-0.3, -0.25) is 10.1 Å². The van der Waals surface area contributed by atoms with Crippen LogP contribution in [0.25, 0.3) is 0 Å². The van der Waals surface area contributed by atoms with Gasteiger partial charge in [0.1, 0.15) is 0 Å². The molecule has 0 aliphatic heterocycles. The van der Waals surface area contributed by atoms with E-state index in [1.54, 1.807) is 0 Å². The van der Waals surface area contributed by atoms with E-state index in [1.165, 1.54) is 0 Å². The number of hydrogen-bond donors (Lipinski definition) is 0. The van der Waals surface area contributed by atoms with Gasteiger partial charge < -0.3 is 0 Å². The predicted octanol–water partition coefficient (Wildman–Crippen LogP) is 1.45. The lowest BCUT2D eigenvalue weighted by molar-refractivity contribution is -0.520. The Bertz CT molecular complexity index is 124. The van der Waals surface area contributed by atoms with E-state index in [1.807, 2.05) is 0 Å². The van der Waals surface area contributed by atoms with E-state index < -0.39 is 0 Å². The molecule has 1 aliphatic carbocycles. The summed E-state index contributed by atoms with van der Waals surface area (Å²) in [6, 6.07) is -0.236. The van der Waals surface area contributed by atoms with Crippen LogP contribution in [0.15, 0.2) is 0 Å². The molecule has 2 atom stereocenters. The van der Waals surface area contributed by atoms with E-state index in [-0.39, 0.29) is 11.0 Å². The van der Waals surface area contributed by atoms with Gasteiger partial charge in [-0.25, -0.2) is 0 Å². The summed E-state index contributed by atoms with van der Waals surface area (Å²) in [5.41, 5.74) is 0. The zero-order valence-electron chi connectivity index (χ0n) is 5.54. The van der Waals surface area contributed by atoms with Gasteiger partial charge in [-0.1, -0.05) is 6.92 Å². The van der Waals surface area contributed by atoms with Crippen LogP contribution in [0, 0.1) is 16.0 Å². The van der Waals surface area contributed by atoms with E-state index in [4.69, 9.17) is 0 Å². The smallest absolute Gasteiger partial charge is 0.213 e. The SMILES string of the molecule is CC1CCC([N+](=O)[O-])C1. The first kappa shape index (κ1) is 6.52. The van der Waals surface area contributed by atoms with Crippen molar-refractivity contribution in [1.29, 1.82) is 0 Å². The van der Waals surface area contributed by atoms with Crippen molar-refractivity contribution in [2.45, 2.75) is 32.2 Å². The molecule has 52 valence electrons. The summed E-state index contributed by atoms with van der Waals surface area (Å²) in [7, 11) is 0. The van der Waals surface area contributed by atoms with E-state index in [0.717, 1.165) is 19.3 Å². The quantitative estimate of drug-likeness (QED) is 0.397. The molecule has 1 aliphatic rings. The first-order chi connectivity index (χ1) is 4.20. The Kier molecular flexibility index (Phi) is 1.69. The third kappa shape index (κ3) is 1.40. The van der Waals surface area contributed by atoms with Crippen molar-refractivity contribution in [2.75, 3.05) is 0 Å². The van der Waals surface area contributed by atoms with Gasteiger partial charge in [0.15, 0.2) is 0 Å². The third-order valence-corrected chi connectivity index (χ3v) is 1.97. The summed E-state index contributed by atoms with van der Waals surface area (Å²) in [6.45, 7) is 2.07. The van der Waals surface area contributed by atoms with Crippen LogP contribution in [0.2, 0.25) is 0 Å². The summed E-state index contributed by atoms with van der Waals surface area (Å²) in [5, 5.41) is 10.2. The van der Waals surface area contributed by atoms with Gasteiger partial charge in [0.05, 0.1) is 0 Å². The highest BCUT2D eigenvalue weighted by atomic mass is 16.6. The van der Waals surface area contributed by atoms with Gasteiger partial charge in [0.2, 0.25) is 6.04 Å². The Morgan fingerprint density at radius 1 is 1.56 bits per heavy atom. The third-order valence-electron chi connectivity index (χ3n) is 1.97. The van der Waals surface area contributed by atoms with Crippen LogP contribution in [-0.4, -0.2) is 11.0 Å². The molecule has 0 spiro atoms. The van der Waals surface area contributed by atoms with Gasteiger partial charge >= 0.3 is 0 Å². The van der Waals surface area contributed by atoms with Gasteiger partial charge in [-0.15, -0.1) is 0 Å². The lowest BCUT2D eigenvalue weighted by Crippen LogP contribution is -2.14. The Labute approximate surface area is 54.2 Å². The maximum Gasteiger partial charge on any atom is 0.213 e. The zero-order valence-corrected chi connectivity index (χ0v) is 5.54. The lowest BCUT2D eigenvalue weighted by Gasteiger charge is -1.97. The molecule has 3 heteroatoms. The predicted molar refractivity (Wildman–Crippen MR) is 33.8 cm³/mol. The van der Waals surface area contributed by atoms with Crippen LogP contribution in [0.4, 0.5) is 0 Å². The normalized spacial score (nSPS) is 34.8. The van der Waals surface area contributed by atoms with Crippen LogP contribution in [0.5, 0.6) is 0 Å². The molecule has 0 radical (unpaired) electrons. The molecule has 3 nitrogen and oxygen atoms in total. The minimum Gasteiger partial charge on any atom is -0.264 e. The van der Waals surface area contributed by atoms with Gasteiger partial charge in [-0.2, -0.15) is 0 Å². The number of nitrogens with zero attached hydrogens (tertiary/aromatic N) is 1. The standard InChI is InChI=1S/C6H11NO2/c1-5-2-3-6(4-5)7(8)9/h5-6H,2-4H2,1H3. The molecule has 2 unspecified atom stereocenters. The molecular weight excluding hydrogens is 118 g/mol. The van der Waals surface area contributed by atoms with E-state index in [0.29, 0.717) is 5.92 Å². The fourth-order valence-corrected chi connectivity index (χ4v) is 1.37. The minimum atomic E-state index is -0.236. The Morgan fingerprint density at radius 3 is 2.44 bits per heavy atom. The molecule has 0 aromatic carbocycles. The fraction of sp³-hybridized carbons (Fsp3) is 1.00. The molecule has 0 bridgehead atoms. The molecule has 1 fully saturated rings. The molecule has 0 N–H and O–H groups in total. The van der Waals surface area contributed by atoms with E-state index in [9.17, 15) is 10.1 Å². The molecule has 0 heterocycles.